The normalized spacial score (nSPS) is 21.3. The fourth-order valence-corrected chi connectivity index (χ4v) is 2.69. The summed E-state index contributed by atoms with van der Waals surface area (Å²) in [6, 6.07) is 5.76. The summed E-state index contributed by atoms with van der Waals surface area (Å²) in [5.41, 5.74) is 1.94. The number of carbonyl (C=O) groups excluding carboxylic acids is 1. The fourth-order valence-electron chi connectivity index (χ4n) is 1.90. The van der Waals surface area contributed by atoms with Crippen LogP contribution in [0.5, 0.6) is 0 Å². The van der Waals surface area contributed by atoms with E-state index in [-0.39, 0.29) is 10.7 Å². The van der Waals surface area contributed by atoms with Gasteiger partial charge in [0.2, 0.25) is 5.91 Å². The first-order chi connectivity index (χ1) is 7.59. The van der Waals surface area contributed by atoms with Crippen LogP contribution in [0.4, 0.5) is 5.69 Å². The molecule has 4 heteroatoms. The second kappa shape index (κ2) is 4.76. The Morgan fingerprint density at radius 2 is 2.25 bits per heavy atom. The predicted octanol–water partition coefficient (Wildman–Crippen LogP) is 3.54. The van der Waals surface area contributed by atoms with Gasteiger partial charge in [-0.05, 0) is 37.5 Å². The molecule has 2 rings (SSSR count). The molecule has 1 fully saturated rings. The Bertz CT molecular complexity index is 421. The minimum atomic E-state index is -0.0715. The number of piperidine rings is 1. The molecule has 1 amide bonds. The van der Waals surface area contributed by atoms with Gasteiger partial charge in [-0.3, -0.25) is 4.79 Å². The number of hydrogen-bond donors (Lipinski definition) is 0. The van der Waals surface area contributed by atoms with Gasteiger partial charge in [0.1, 0.15) is 0 Å². The molecular weight excluding hydrogens is 289 g/mol. The average molecular weight is 303 g/mol. The number of benzene rings is 1. The van der Waals surface area contributed by atoms with E-state index >= 15 is 0 Å². The molecule has 2 nitrogen and oxygen atoms in total. The molecule has 1 aliphatic rings. The number of alkyl halides is 1. The van der Waals surface area contributed by atoms with Gasteiger partial charge >= 0.3 is 0 Å². The molecule has 0 aliphatic carbocycles. The predicted molar refractivity (Wildman–Crippen MR) is 70.5 cm³/mol. The SMILES string of the molecule is Cc1ccc(Cl)c(N2CCCC(Br)C2=O)c1. The molecule has 1 saturated heterocycles. The van der Waals surface area contributed by atoms with Gasteiger partial charge in [0.05, 0.1) is 15.5 Å². The maximum absolute atomic E-state index is 12.0. The third kappa shape index (κ3) is 2.25. The van der Waals surface area contributed by atoms with E-state index in [1.807, 2.05) is 25.1 Å². The summed E-state index contributed by atoms with van der Waals surface area (Å²) in [5.74, 6) is 0.110. The van der Waals surface area contributed by atoms with Crippen LogP contribution >= 0.6 is 27.5 Å². The van der Waals surface area contributed by atoms with Crippen LogP contribution in [0.1, 0.15) is 18.4 Å². The lowest BCUT2D eigenvalue weighted by molar-refractivity contribution is -0.118. The molecule has 0 saturated carbocycles. The Labute approximate surface area is 109 Å². The average Bonchev–Trinajstić information content (AvgIpc) is 2.26. The van der Waals surface area contributed by atoms with Crippen LogP contribution < -0.4 is 4.90 Å². The highest BCUT2D eigenvalue weighted by molar-refractivity contribution is 9.10. The molecule has 0 bridgehead atoms. The van der Waals surface area contributed by atoms with Crippen molar-refractivity contribution in [2.24, 2.45) is 0 Å². The Morgan fingerprint density at radius 1 is 1.50 bits per heavy atom. The van der Waals surface area contributed by atoms with Crippen LogP contribution in [-0.4, -0.2) is 17.3 Å². The van der Waals surface area contributed by atoms with Gasteiger partial charge in [0, 0.05) is 6.54 Å². The van der Waals surface area contributed by atoms with E-state index < -0.39 is 0 Å². The Morgan fingerprint density at radius 3 is 3.00 bits per heavy atom. The summed E-state index contributed by atoms with van der Waals surface area (Å²) in [5, 5.41) is 0.639. The highest BCUT2D eigenvalue weighted by Crippen LogP contribution is 2.31. The van der Waals surface area contributed by atoms with Crippen molar-refractivity contribution in [3.8, 4) is 0 Å². The lowest BCUT2D eigenvalue weighted by atomic mass is 10.1. The topological polar surface area (TPSA) is 20.3 Å². The van der Waals surface area contributed by atoms with Gasteiger partial charge in [-0.2, -0.15) is 0 Å². The van der Waals surface area contributed by atoms with Crippen LogP contribution in [0.2, 0.25) is 5.02 Å². The number of hydrogen-bond acceptors (Lipinski definition) is 1. The molecule has 86 valence electrons. The summed E-state index contributed by atoms with van der Waals surface area (Å²) in [6.45, 7) is 2.75. The Balaban J connectivity index is 2.35. The van der Waals surface area contributed by atoms with E-state index in [1.165, 1.54) is 0 Å². The van der Waals surface area contributed by atoms with Crippen LogP contribution in [0.3, 0.4) is 0 Å². The monoisotopic (exact) mass is 301 g/mol. The van der Waals surface area contributed by atoms with E-state index in [9.17, 15) is 4.79 Å². The van der Waals surface area contributed by atoms with Gasteiger partial charge in [0.15, 0.2) is 0 Å². The van der Waals surface area contributed by atoms with Crippen LogP contribution in [0.15, 0.2) is 18.2 Å². The summed E-state index contributed by atoms with van der Waals surface area (Å²) in [6.07, 6.45) is 1.91. The highest BCUT2D eigenvalue weighted by Gasteiger charge is 2.28. The molecule has 1 aromatic carbocycles. The second-order valence-electron chi connectivity index (χ2n) is 4.05. The van der Waals surface area contributed by atoms with Crippen molar-refractivity contribution in [2.75, 3.05) is 11.4 Å². The zero-order valence-corrected chi connectivity index (χ0v) is 11.4. The first kappa shape index (κ1) is 11.9. The number of nitrogens with zero attached hydrogens (tertiary/aromatic N) is 1. The molecule has 1 aliphatic heterocycles. The zero-order chi connectivity index (χ0) is 11.7. The van der Waals surface area contributed by atoms with Crippen molar-refractivity contribution < 1.29 is 4.79 Å². The van der Waals surface area contributed by atoms with E-state index in [4.69, 9.17) is 11.6 Å². The minimum Gasteiger partial charge on any atom is -0.310 e. The Kier molecular flexibility index (Phi) is 3.55. The minimum absolute atomic E-state index is 0.0715. The molecule has 1 unspecified atom stereocenters. The van der Waals surface area contributed by atoms with Crippen LogP contribution in [-0.2, 0) is 4.79 Å². The molecule has 0 aromatic heterocycles. The quantitative estimate of drug-likeness (QED) is 0.727. The lowest BCUT2D eigenvalue weighted by Crippen LogP contribution is -2.41. The largest absolute Gasteiger partial charge is 0.310 e. The van der Waals surface area contributed by atoms with Gasteiger partial charge in [0.25, 0.3) is 0 Å². The maximum Gasteiger partial charge on any atom is 0.240 e. The highest BCUT2D eigenvalue weighted by atomic mass is 79.9. The Hall–Kier alpha value is -0.540. The third-order valence-corrected chi connectivity index (χ3v) is 3.93. The van der Waals surface area contributed by atoms with Gasteiger partial charge in [-0.25, -0.2) is 0 Å². The summed E-state index contributed by atoms with van der Waals surface area (Å²) >= 11 is 9.53. The fraction of sp³-hybridized carbons (Fsp3) is 0.417. The van der Waals surface area contributed by atoms with Crippen molar-refractivity contribution in [2.45, 2.75) is 24.6 Å². The van der Waals surface area contributed by atoms with Crippen molar-refractivity contribution in [1.29, 1.82) is 0 Å². The van der Waals surface area contributed by atoms with E-state index in [2.05, 4.69) is 15.9 Å². The van der Waals surface area contributed by atoms with Crippen LogP contribution in [0, 0.1) is 6.92 Å². The molecular formula is C12H13BrClNO. The van der Waals surface area contributed by atoms with Gasteiger partial charge < -0.3 is 4.90 Å². The first-order valence-corrected chi connectivity index (χ1v) is 6.60. The van der Waals surface area contributed by atoms with E-state index in [1.54, 1.807) is 4.90 Å². The number of carbonyl (C=O) groups is 1. The maximum atomic E-state index is 12.0. The molecule has 1 aromatic rings. The van der Waals surface area contributed by atoms with Crippen molar-refractivity contribution in [1.82, 2.24) is 0 Å². The number of halogens is 2. The number of rotatable bonds is 1. The summed E-state index contributed by atoms with van der Waals surface area (Å²) < 4.78 is 0. The molecule has 16 heavy (non-hydrogen) atoms. The molecule has 0 spiro atoms. The number of anilines is 1. The van der Waals surface area contributed by atoms with E-state index in [0.717, 1.165) is 30.6 Å². The molecule has 0 N–H and O–H groups in total. The standard InChI is InChI=1S/C12H13BrClNO/c1-8-4-5-10(14)11(7-8)15-6-2-3-9(13)12(15)16/h4-5,7,9H,2-3,6H2,1H3. The van der Waals surface area contributed by atoms with Crippen molar-refractivity contribution >= 4 is 39.1 Å². The lowest BCUT2D eigenvalue weighted by Gasteiger charge is -2.30. The van der Waals surface area contributed by atoms with Crippen molar-refractivity contribution in [3.63, 3.8) is 0 Å². The zero-order valence-electron chi connectivity index (χ0n) is 9.04. The summed E-state index contributed by atoms with van der Waals surface area (Å²) in [7, 11) is 0. The van der Waals surface area contributed by atoms with Crippen LogP contribution in [0.25, 0.3) is 0 Å². The number of aryl methyl sites for hydroxylation is 1. The van der Waals surface area contributed by atoms with Gasteiger partial charge in [-0.1, -0.05) is 33.6 Å². The molecule has 1 atom stereocenters. The second-order valence-corrected chi connectivity index (χ2v) is 5.57. The third-order valence-electron chi connectivity index (χ3n) is 2.77. The molecule has 0 radical (unpaired) electrons. The smallest absolute Gasteiger partial charge is 0.240 e. The number of amides is 1. The summed E-state index contributed by atoms with van der Waals surface area (Å²) in [4.78, 5) is 13.7. The molecule has 1 heterocycles. The van der Waals surface area contributed by atoms with E-state index in [0.29, 0.717) is 5.02 Å². The van der Waals surface area contributed by atoms with Gasteiger partial charge in [-0.15, -0.1) is 0 Å². The first-order valence-electron chi connectivity index (χ1n) is 5.31. The van der Waals surface area contributed by atoms with Crippen molar-refractivity contribution in [3.05, 3.63) is 28.8 Å².